The lowest BCUT2D eigenvalue weighted by Gasteiger charge is -2.35. The van der Waals surface area contributed by atoms with E-state index in [4.69, 9.17) is 11.6 Å². The molecule has 0 bridgehead atoms. The summed E-state index contributed by atoms with van der Waals surface area (Å²) in [5, 5.41) is 1.81. The van der Waals surface area contributed by atoms with Crippen molar-refractivity contribution in [3.05, 3.63) is 17.0 Å². The quantitative estimate of drug-likeness (QED) is 0.776. The van der Waals surface area contributed by atoms with Gasteiger partial charge in [0.15, 0.2) is 0 Å². The van der Waals surface area contributed by atoms with E-state index in [1.807, 2.05) is 5.38 Å². The summed E-state index contributed by atoms with van der Waals surface area (Å²) in [5.41, 5.74) is 0.865. The molecular weight excluding hydrogens is 316 g/mol. The molecule has 0 amide bonds. The van der Waals surface area contributed by atoms with Crippen molar-refractivity contribution in [2.24, 2.45) is 0 Å². The Morgan fingerprint density at radius 3 is 2.60 bits per heavy atom. The molecule has 1 aromatic rings. The van der Waals surface area contributed by atoms with E-state index in [2.05, 4.69) is 11.8 Å². The van der Waals surface area contributed by atoms with E-state index in [1.165, 1.54) is 11.3 Å². The van der Waals surface area contributed by atoms with Gasteiger partial charge in [0.25, 0.3) is 10.0 Å². The van der Waals surface area contributed by atoms with E-state index in [0.29, 0.717) is 10.1 Å². The lowest BCUT2D eigenvalue weighted by molar-refractivity contribution is 0.176. The van der Waals surface area contributed by atoms with Gasteiger partial charge in [0.2, 0.25) is 0 Å². The SMILES string of the molecule is CCN1CCC(N(C)S(=O)(=O)c2cc(CCl)cs2)CC1. The highest BCUT2D eigenvalue weighted by Gasteiger charge is 2.31. The predicted octanol–water partition coefficient (Wildman–Crippen LogP) is 2.59. The highest BCUT2D eigenvalue weighted by molar-refractivity contribution is 7.91. The van der Waals surface area contributed by atoms with Gasteiger partial charge < -0.3 is 4.90 Å². The number of nitrogens with zero attached hydrogens (tertiary/aromatic N) is 2. The number of alkyl halides is 1. The van der Waals surface area contributed by atoms with Crippen molar-refractivity contribution in [1.29, 1.82) is 0 Å². The molecule has 0 aromatic carbocycles. The Morgan fingerprint density at radius 2 is 2.10 bits per heavy atom. The molecule has 0 atom stereocenters. The molecule has 0 spiro atoms. The second-order valence-corrected chi connectivity index (χ2v) is 8.50. The highest BCUT2D eigenvalue weighted by Crippen LogP contribution is 2.27. The summed E-state index contributed by atoms with van der Waals surface area (Å²) in [6.07, 6.45) is 1.80. The maximum absolute atomic E-state index is 12.6. The molecule has 1 aliphatic heterocycles. The van der Waals surface area contributed by atoms with Crippen molar-refractivity contribution in [2.45, 2.75) is 35.9 Å². The van der Waals surface area contributed by atoms with Crippen LogP contribution in [0.15, 0.2) is 15.7 Å². The van der Waals surface area contributed by atoms with E-state index in [1.54, 1.807) is 17.4 Å². The van der Waals surface area contributed by atoms with Crippen LogP contribution in [0, 0.1) is 0 Å². The van der Waals surface area contributed by atoms with Gasteiger partial charge in [0.05, 0.1) is 0 Å². The Kier molecular flexibility index (Phi) is 5.48. The van der Waals surface area contributed by atoms with Crippen LogP contribution in [-0.2, 0) is 15.9 Å². The van der Waals surface area contributed by atoms with Gasteiger partial charge in [-0.15, -0.1) is 22.9 Å². The summed E-state index contributed by atoms with van der Waals surface area (Å²) in [5.74, 6) is 0.352. The Morgan fingerprint density at radius 1 is 1.45 bits per heavy atom. The minimum absolute atomic E-state index is 0.101. The van der Waals surface area contributed by atoms with Crippen LogP contribution in [0.1, 0.15) is 25.3 Å². The Balaban J connectivity index is 2.09. The maximum atomic E-state index is 12.6. The third-order valence-electron chi connectivity index (χ3n) is 3.94. The fourth-order valence-corrected chi connectivity index (χ4v) is 5.55. The topological polar surface area (TPSA) is 40.6 Å². The van der Waals surface area contributed by atoms with E-state index < -0.39 is 10.0 Å². The third-order valence-corrected chi connectivity index (χ3v) is 7.62. The zero-order chi connectivity index (χ0) is 14.8. The van der Waals surface area contributed by atoms with E-state index in [9.17, 15) is 8.42 Å². The molecule has 2 rings (SSSR count). The van der Waals surface area contributed by atoms with Crippen LogP contribution in [0.3, 0.4) is 0 Å². The number of hydrogen-bond acceptors (Lipinski definition) is 4. The molecule has 1 saturated heterocycles. The van der Waals surface area contributed by atoms with E-state index in [0.717, 1.165) is 38.0 Å². The first-order valence-electron chi connectivity index (χ1n) is 6.82. The molecule has 0 N–H and O–H groups in total. The molecule has 1 aromatic heterocycles. The van der Waals surface area contributed by atoms with E-state index >= 15 is 0 Å². The molecule has 7 heteroatoms. The van der Waals surface area contributed by atoms with Gasteiger partial charge in [-0.05, 0) is 49.5 Å². The van der Waals surface area contributed by atoms with Gasteiger partial charge in [0.1, 0.15) is 4.21 Å². The van der Waals surface area contributed by atoms with Gasteiger partial charge in [-0.1, -0.05) is 6.92 Å². The van der Waals surface area contributed by atoms with Crippen molar-refractivity contribution in [2.75, 3.05) is 26.7 Å². The summed E-state index contributed by atoms with van der Waals surface area (Å²) >= 11 is 7.00. The normalized spacial score (nSPS) is 18.8. The lowest BCUT2D eigenvalue weighted by atomic mass is 10.1. The van der Waals surface area contributed by atoms with Crippen LogP contribution in [0.2, 0.25) is 0 Å². The Hall–Kier alpha value is -0.140. The second kappa shape index (κ2) is 6.75. The molecule has 1 fully saturated rings. The average Bonchev–Trinajstić information content (AvgIpc) is 2.96. The second-order valence-electron chi connectivity index (χ2n) is 5.09. The standard InChI is InChI=1S/C13H21ClN2O2S2/c1-3-16-6-4-12(5-7-16)15(2)20(17,18)13-8-11(9-14)10-19-13/h8,10,12H,3-7,9H2,1-2H3. The van der Waals surface area contributed by atoms with Crippen molar-refractivity contribution < 1.29 is 8.42 Å². The molecule has 0 radical (unpaired) electrons. The number of hydrogen-bond donors (Lipinski definition) is 0. The predicted molar refractivity (Wildman–Crippen MR) is 84.0 cm³/mol. The average molecular weight is 337 g/mol. The minimum Gasteiger partial charge on any atom is -0.303 e. The Bertz CT molecular complexity index is 536. The van der Waals surface area contributed by atoms with Gasteiger partial charge in [-0.2, -0.15) is 4.31 Å². The summed E-state index contributed by atoms with van der Waals surface area (Å²) in [6.45, 7) is 5.12. The summed E-state index contributed by atoms with van der Waals surface area (Å²) in [6, 6.07) is 1.79. The molecule has 0 unspecified atom stereocenters. The van der Waals surface area contributed by atoms with Crippen LogP contribution in [0.4, 0.5) is 0 Å². The van der Waals surface area contributed by atoms with Gasteiger partial charge in [-0.3, -0.25) is 0 Å². The molecule has 4 nitrogen and oxygen atoms in total. The summed E-state index contributed by atoms with van der Waals surface area (Å²) < 4.78 is 27.1. The molecule has 1 aliphatic rings. The van der Waals surface area contributed by atoms with Crippen LogP contribution in [-0.4, -0.2) is 50.3 Å². The number of rotatable bonds is 5. The number of piperidine rings is 1. The summed E-state index contributed by atoms with van der Waals surface area (Å²) in [7, 11) is -1.68. The number of halogens is 1. The maximum Gasteiger partial charge on any atom is 0.252 e. The third kappa shape index (κ3) is 3.36. The van der Waals surface area contributed by atoms with Crippen molar-refractivity contribution in [1.82, 2.24) is 9.21 Å². The van der Waals surface area contributed by atoms with Crippen molar-refractivity contribution >= 4 is 33.0 Å². The lowest BCUT2D eigenvalue weighted by Crippen LogP contribution is -2.45. The first-order valence-corrected chi connectivity index (χ1v) is 9.68. The highest BCUT2D eigenvalue weighted by atomic mass is 35.5. The molecule has 0 saturated carbocycles. The largest absolute Gasteiger partial charge is 0.303 e. The first-order chi connectivity index (χ1) is 9.48. The first kappa shape index (κ1) is 16.2. The molecule has 2 heterocycles. The fourth-order valence-electron chi connectivity index (χ4n) is 2.50. The van der Waals surface area contributed by atoms with Crippen LogP contribution in [0.5, 0.6) is 0 Å². The zero-order valence-electron chi connectivity index (χ0n) is 11.9. The molecule has 114 valence electrons. The smallest absolute Gasteiger partial charge is 0.252 e. The molecule has 0 aliphatic carbocycles. The van der Waals surface area contributed by atoms with Crippen molar-refractivity contribution in [3.63, 3.8) is 0 Å². The number of thiophene rings is 1. The zero-order valence-corrected chi connectivity index (χ0v) is 14.3. The monoisotopic (exact) mass is 336 g/mol. The van der Waals surface area contributed by atoms with Gasteiger partial charge in [-0.25, -0.2) is 8.42 Å². The number of sulfonamides is 1. The van der Waals surface area contributed by atoms with Crippen molar-refractivity contribution in [3.8, 4) is 0 Å². The molecular formula is C13H21ClN2O2S2. The van der Waals surface area contributed by atoms with Gasteiger partial charge >= 0.3 is 0 Å². The van der Waals surface area contributed by atoms with E-state index in [-0.39, 0.29) is 6.04 Å². The Labute approximate surface area is 130 Å². The fraction of sp³-hybridized carbons (Fsp3) is 0.692. The van der Waals surface area contributed by atoms with Crippen LogP contribution >= 0.6 is 22.9 Å². The molecule has 20 heavy (non-hydrogen) atoms. The van der Waals surface area contributed by atoms with Crippen LogP contribution in [0.25, 0.3) is 0 Å². The minimum atomic E-state index is -3.38. The summed E-state index contributed by atoms with van der Waals surface area (Å²) in [4.78, 5) is 2.35. The van der Waals surface area contributed by atoms with Gasteiger partial charge in [0, 0.05) is 19.0 Å². The number of likely N-dealkylation sites (tertiary alicyclic amines) is 1. The van der Waals surface area contributed by atoms with Crippen LogP contribution < -0.4 is 0 Å².